The molecule has 0 aliphatic heterocycles. The average molecular weight is 212 g/mol. The molecule has 1 aliphatic carbocycles. The summed E-state index contributed by atoms with van der Waals surface area (Å²) in [4.78, 5) is 0. The van der Waals surface area contributed by atoms with Crippen molar-refractivity contribution in [2.24, 2.45) is 0 Å². The summed E-state index contributed by atoms with van der Waals surface area (Å²) in [6, 6.07) is 8.81. The molecule has 0 bridgehead atoms. The van der Waals surface area contributed by atoms with Crippen molar-refractivity contribution < 1.29 is 0 Å². The molecule has 0 fully saturated rings. The minimum atomic E-state index is 0.621. The quantitative estimate of drug-likeness (QED) is 0.639. The monoisotopic (exact) mass is 212 g/mol. The zero-order valence-corrected chi connectivity index (χ0v) is 10.8. The normalized spacial score (nSPS) is 18.2. The SMILES string of the molecule is CC(C)B(C(C)C)C1C=Cc2ccccc21. The fourth-order valence-corrected chi connectivity index (χ4v) is 3.21. The number of hydrogen-bond donors (Lipinski definition) is 0. The molecule has 1 aromatic carbocycles. The molecule has 84 valence electrons. The first-order valence-electron chi connectivity index (χ1n) is 6.38. The van der Waals surface area contributed by atoms with Crippen LogP contribution in [-0.2, 0) is 0 Å². The molecule has 0 spiro atoms. The molecule has 1 atom stereocenters. The van der Waals surface area contributed by atoms with Crippen molar-refractivity contribution in [3.05, 3.63) is 41.5 Å². The summed E-state index contributed by atoms with van der Waals surface area (Å²) in [6.07, 6.45) is 4.69. The lowest BCUT2D eigenvalue weighted by molar-refractivity contribution is 0.896. The lowest BCUT2D eigenvalue weighted by Crippen LogP contribution is -2.28. The molecule has 0 amide bonds. The van der Waals surface area contributed by atoms with E-state index in [1.807, 2.05) is 0 Å². The highest BCUT2D eigenvalue weighted by atomic mass is 14.2. The van der Waals surface area contributed by atoms with Gasteiger partial charge in [-0.05, 0) is 16.9 Å². The van der Waals surface area contributed by atoms with E-state index in [-0.39, 0.29) is 0 Å². The number of rotatable bonds is 3. The third kappa shape index (κ3) is 1.96. The highest BCUT2D eigenvalue weighted by Gasteiger charge is 2.33. The molecule has 0 heterocycles. The number of allylic oxidation sites excluding steroid dienone is 1. The molecule has 0 radical (unpaired) electrons. The van der Waals surface area contributed by atoms with Crippen molar-refractivity contribution >= 4 is 12.8 Å². The van der Waals surface area contributed by atoms with Crippen LogP contribution in [-0.4, -0.2) is 6.71 Å². The fraction of sp³-hybridized carbons (Fsp3) is 0.467. The van der Waals surface area contributed by atoms with Gasteiger partial charge in [0.25, 0.3) is 0 Å². The highest BCUT2D eigenvalue weighted by molar-refractivity contribution is 6.64. The van der Waals surface area contributed by atoms with E-state index in [1.54, 1.807) is 0 Å². The van der Waals surface area contributed by atoms with E-state index in [0.717, 1.165) is 18.3 Å². The second-order valence-electron chi connectivity index (χ2n) is 5.58. The van der Waals surface area contributed by atoms with Crippen molar-refractivity contribution in [1.29, 1.82) is 0 Å². The van der Waals surface area contributed by atoms with Gasteiger partial charge in [0, 0.05) is 0 Å². The molecule has 1 aromatic rings. The molecule has 0 saturated heterocycles. The fourth-order valence-electron chi connectivity index (χ4n) is 3.21. The van der Waals surface area contributed by atoms with Gasteiger partial charge in [0.05, 0.1) is 0 Å². The third-order valence-corrected chi connectivity index (χ3v) is 3.79. The first-order valence-corrected chi connectivity index (χ1v) is 6.38. The van der Waals surface area contributed by atoms with Crippen molar-refractivity contribution in [2.75, 3.05) is 0 Å². The van der Waals surface area contributed by atoms with Crippen molar-refractivity contribution in [3.8, 4) is 0 Å². The van der Waals surface area contributed by atoms with Gasteiger partial charge in [-0.3, -0.25) is 0 Å². The topological polar surface area (TPSA) is 0 Å². The zero-order chi connectivity index (χ0) is 11.7. The van der Waals surface area contributed by atoms with Gasteiger partial charge in [-0.25, -0.2) is 0 Å². The predicted molar refractivity (Wildman–Crippen MR) is 74.2 cm³/mol. The largest absolute Gasteiger partial charge is 0.158 e. The molecular weight excluding hydrogens is 191 g/mol. The van der Waals surface area contributed by atoms with E-state index in [4.69, 9.17) is 0 Å². The Morgan fingerprint density at radius 2 is 1.62 bits per heavy atom. The summed E-state index contributed by atoms with van der Waals surface area (Å²) in [6.45, 7) is 10.1. The van der Waals surface area contributed by atoms with E-state index >= 15 is 0 Å². The molecule has 2 rings (SSSR count). The average Bonchev–Trinajstić information content (AvgIpc) is 2.61. The molecule has 0 aromatic heterocycles. The van der Waals surface area contributed by atoms with Crippen LogP contribution in [0.4, 0.5) is 0 Å². The highest BCUT2D eigenvalue weighted by Crippen LogP contribution is 2.39. The van der Waals surface area contributed by atoms with Gasteiger partial charge in [-0.1, -0.05) is 75.7 Å². The van der Waals surface area contributed by atoms with Gasteiger partial charge in [-0.2, -0.15) is 0 Å². The third-order valence-electron chi connectivity index (χ3n) is 3.79. The van der Waals surface area contributed by atoms with E-state index in [1.165, 1.54) is 11.1 Å². The van der Waals surface area contributed by atoms with Crippen LogP contribution < -0.4 is 0 Å². The van der Waals surface area contributed by atoms with E-state index in [0.29, 0.717) is 5.82 Å². The first kappa shape index (κ1) is 11.5. The molecule has 0 saturated carbocycles. The first-order chi connectivity index (χ1) is 7.61. The van der Waals surface area contributed by atoms with Crippen LogP contribution in [0.25, 0.3) is 6.08 Å². The minimum Gasteiger partial charge on any atom is -0.0837 e. The molecule has 0 N–H and O–H groups in total. The molecule has 1 aliphatic rings. The summed E-state index contributed by atoms with van der Waals surface area (Å²) in [5.41, 5.74) is 2.94. The number of benzene rings is 1. The van der Waals surface area contributed by atoms with Crippen LogP contribution in [0, 0.1) is 0 Å². The minimum absolute atomic E-state index is 0.621. The van der Waals surface area contributed by atoms with Crippen LogP contribution in [0.2, 0.25) is 11.6 Å². The molecular formula is C15H21B. The molecule has 0 nitrogen and oxygen atoms in total. The Balaban J connectivity index is 2.33. The van der Waals surface area contributed by atoms with Crippen LogP contribution in [0.5, 0.6) is 0 Å². The Kier molecular flexibility index (Phi) is 3.23. The van der Waals surface area contributed by atoms with Crippen LogP contribution in [0.1, 0.15) is 44.6 Å². The maximum Gasteiger partial charge on any atom is 0.158 e. The smallest absolute Gasteiger partial charge is 0.0837 e. The maximum absolute atomic E-state index is 2.40. The van der Waals surface area contributed by atoms with Gasteiger partial charge in [0.2, 0.25) is 0 Å². The van der Waals surface area contributed by atoms with E-state index in [2.05, 4.69) is 64.1 Å². The molecule has 1 unspecified atom stereocenters. The van der Waals surface area contributed by atoms with Crippen molar-refractivity contribution in [1.82, 2.24) is 0 Å². The van der Waals surface area contributed by atoms with Crippen LogP contribution >= 0.6 is 0 Å². The maximum atomic E-state index is 2.40. The van der Waals surface area contributed by atoms with Gasteiger partial charge < -0.3 is 0 Å². The molecule has 1 heteroatoms. The second kappa shape index (κ2) is 4.49. The van der Waals surface area contributed by atoms with Crippen LogP contribution in [0.3, 0.4) is 0 Å². The Bertz CT molecular complexity index is 382. The lowest BCUT2D eigenvalue weighted by Gasteiger charge is -2.27. The van der Waals surface area contributed by atoms with Gasteiger partial charge in [0.15, 0.2) is 6.71 Å². The summed E-state index contributed by atoms with van der Waals surface area (Å²) in [5.74, 6) is 2.10. The molecule has 16 heavy (non-hydrogen) atoms. The zero-order valence-electron chi connectivity index (χ0n) is 10.8. The standard InChI is InChI=1S/C15H21B/c1-11(2)16(12(3)4)15-10-9-13-7-5-6-8-14(13)15/h5-12,15H,1-4H3. The van der Waals surface area contributed by atoms with Crippen LogP contribution in [0.15, 0.2) is 30.3 Å². The van der Waals surface area contributed by atoms with Crippen molar-refractivity contribution in [2.45, 2.75) is 45.1 Å². The lowest BCUT2D eigenvalue weighted by atomic mass is 9.28. The Morgan fingerprint density at radius 1 is 1.00 bits per heavy atom. The summed E-state index contributed by atoms with van der Waals surface area (Å²) >= 11 is 0. The second-order valence-corrected chi connectivity index (χ2v) is 5.58. The summed E-state index contributed by atoms with van der Waals surface area (Å²) in [7, 11) is 0. The van der Waals surface area contributed by atoms with Crippen molar-refractivity contribution in [3.63, 3.8) is 0 Å². The Hall–Kier alpha value is -0.975. The number of fused-ring (bicyclic) bond motifs is 1. The Labute approximate surface area is 99.8 Å². The Morgan fingerprint density at radius 3 is 2.25 bits per heavy atom. The van der Waals surface area contributed by atoms with Gasteiger partial charge in [-0.15, -0.1) is 0 Å². The summed E-state index contributed by atoms with van der Waals surface area (Å²) in [5, 5.41) is 0. The number of hydrogen-bond acceptors (Lipinski definition) is 0. The van der Waals surface area contributed by atoms with Gasteiger partial charge >= 0.3 is 0 Å². The summed E-state index contributed by atoms with van der Waals surface area (Å²) < 4.78 is 0. The predicted octanol–water partition coefficient (Wildman–Crippen LogP) is 4.65. The van der Waals surface area contributed by atoms with E-state index < -0.39 is 0 Å². The van der Waals surface area contributed by atoms with Gasteiger partial charge in [0.1, 0.15) is 0 Å². The van der Waals surface area contributed by atoms with E-state index in [9.17, 15) is 0 Å².